The fraction of sp³-hybridized carbons (Fsp3) is 0.333. The number of nitrogens with one attached hydrogen (secondary N) is 1. The number of rotatable bonds is 5. The van der Waals surface area contributed by atoms with Gasteiger partial charge in [0.25, 0.3) is 0 Å². The molecule has 1 N–H and O–H groups in total. The first-order valence-corrected chi connectivity index (χ1v) is 7.03. The maximum absolute atomic E-state index is 3.29. The van der Waals surface area contributed by atoms with Crippen LogP contribution in [0.25, 0.3) is 11.1 Å². The third-order valence-corrected chi connectivity index (χ3v) is 3.74. The lowest BCUT2D eigenvalue weighted by Gasteiger charge is -2.11. The van der Waals surface area contributed by atoms with E-state index < -0.39 is 0 Å². The van der Waals surface area contributed by atoms with Gasteiger partial charge in [0.05, 0.1) is 0 Å². The molecule has 19 heavy (non-hydrogen) atoms. The van der Waals surface area contributed by atoms with E-state index in [0.29, 0.717) is 6.04 Å². The van der Waals surface area contributed by atoms with Crippen molar-refractivity contribution in [3.8, 4) is 11.1 Å². The van der Waals surface area contributed by atoms with Gasteiger partial charge in [-0.15, -0.1) is 0 Å². The summed E-state index contributed by atoms with van der Waals surface area (Å²) in [5.41, 5.74) is 5.42. The van der Waals surface area contributed by atoms with Crippen LogP contribution in [0.5, 0.6) is 0 Å². The fourth-order valence-electron chi connectivity index (χ4n) is 2.32. The van der Waals surface area contributed by atoms with Gasteiger partial charge in [0, 0.05) is 6.04 Å². The summed E-state index contributed by atoms with van der Waals surface area (Å²) in [6.45, 7) is 4.40. The first kappa shape index (κ1) is 13.8. The normalized spacial score (nSPS) is 12.4. The molecule has 1 atom stereocenters. The zero-order chi connectivity index (χ0) is 13.7. The van der Waals surface area contributed by atoms with E-state index in [9.17, 15) is 0 Å². The second-order valence-electron chi connectivity index (χ2n) is 5.24. The van der Waals surface area contributed by atoms with Crippen molar-refractivity contribution in [2.45, 2.75) is 32.7 Å². The Kier molecular flexibility index (Phi) is 4.75. The van der Waals surface area contributed by atoms with Crippen LogP contribution in [-0.4, -0.2) is 13.1 Å². The summed E-state index contributed by atoms with van der Waals surface area (Å²) >= 11 is 0. The molecule has 0 amide bonds. The van der Waals surface area contributed by atoms with Crippen LogP contribution in [0.15, 0.2) is 48.5 Å². The lowest BCUT2D eigenvalue weighted by molar-refractivity contribution is 0.565. The third-order valence-electron chi connectivity index (χ3n) is 3.74. The maximum atomic E-state index is 3.29. The number of aryl methyl sites for hydroxylation is 2. The molecule has 2 aromatic rings. The molecule has 0 spiro atoms. The van der Waals surface area contributed by atoms with Crippen molar-refractivity contribution in [1.82, 2.24) is 5.32 Å². The molecule has 0 fully saturated rings. The topological polar surface area (TPSA) is 12.0 Å². The molecule has 0 aliphatic heterocycles. The van der Waals surface area contributed by atoms with Crippen molar-refractivity contribution >= 4 is 0 Å². The van der Waals surface area contributed by atoms with Crippen LogP contribution in [0.1, 0.15) is 24.5 Å². The quantitative estimate of drug-likeness (QED) is 0.842. The summed E-state index contributed by atoms with van der Waals surface area (Å²) in [4.78, 5) is 0. The molecule has 0 saturated carbocycles. The second kappa shape index (κ2) is 6.53. The number of hydrogen-bond donors (Lipinski definition) is 1. The van der Waals surface area contributed by atoms with Crippen molar-refractivity contribution < 1.29 is 0 Å². The molecule has 0 bridgehead atoms. The Morgan fingerprint density at radius 2 is 1.84 bits per heavy atom. The van der Waals surface area contributed by atoms with Gasteiger partial charge >= 0.3 is 0 Å². The molecular formula is C18H23N. The highest BCUT2D eigenvalue weighted by Gasteiger charge is 2.03. The molecule has 2 aromatic carbocycles. The Hall–Kier alpha value is -1.60. The van der Waals surface area contributed by atoms with Gasteiger partial charge in [-0.25, -0.2) is 0 Å². The average molecular weight is 253 g/mol. The molecule has 0 aliphatic carbocycles. The minimum Gasteiger partial charge on any atom is -0.317 e. The van der Waals surface area contributed by atoms with Crippen molar-refractivity contribution in [2.24, 2.45) is 0 Å². The van der Waals surface area contributed by atoms with E-state index in [-0.39, 0.29) is 0 Å². The molecular weight excluding hydrogens is 230 g/mol. The molecule has 2 rings (SSSR count). The van der Waals surface area contributed by atoms with Gasteiger partial charge in [-0.05, 0) is 56.0 Å². The van der Waals surface area contributed by atoms with Gasteiger partial charge in [-0.1, -0.05) is 48.5 Å². The zero-order valence-electron chi connectivity index (χ0n) is 12.1. The molecule has 0 radical (unpaired) electrons. The predicted molar refractivity (Wildman–Crippen MR) is 83.5 cm³/mol. The van der Waals surface area contributed by atoms with Crippen molar-refractivity contribution in [3.05, 3.63) is 59.7 Å². The Morgan fingerprint density at radius 1 is 1.05 bits per heavy atom. The summed E-state index contributed by atoms with van der Waals surface area (Å²) in [7, 11) is 2.02. The first-order valence-electron chi connectivity index (χ1n) is 7.03. The molecule has 0 aliphatic rings. The first-order chi connectivity index (χ1) is 9.20. The van der Waals surface area contributed by atoms with E-state index in [2.05, 4.69) is 67.7 Å². The minimum absolute atomic E-state index is 0.571. The van der Waals surface area contributed by atoms with Gasteiger partial charge < -0.3 is 5.32 Å². The van der Waals surface area contributed by atoms with E-state index in [1.165, 1.54) is 28.7 Å². The van der Waals surface area contributed by atoms with E-state index in [1.807, 2.05) is 7.05 Å². The van der Waals surface area contributed by atoms with Gasteiger partial charge in [-0.2, -0.15) is 0 Å². The highest BCUT2D eigenvalue weighted by Crippen LogP contribution is 2.24. The van der Waals surface area contributed by atoms with E-state index in [1.54, 1.807) is 0 Å². The smallest absolute Gasteiger partial charge is 0.00388 e. The van der Waals surface area contributed by atoms with Gasteiger partial charge in [0.1, 0.15) is 0 Å². The van der Waals surface area contributed by atoms with E-state index in [0.717, 1.165) is 6.42 Å². The van der Waals surface area contributed by atoms with Crippen molar-refractivity contribution in [1.29, 1.82) is 0 Å². The molecule has 100 valence electrons. The highest BCUT2D eigenvalue weighted by atomic mass is 14.8. The SMILES string of the molecule is CNC(C)CCc1cccc(-c2ccccc2C)c1. The monoisotopic (exact) mass is 253 g/mol. The van der Waals surface area contributed by atoms with Crippen LogP contribution in [0, 0.1) is 6.92 Å². The predicted octanol–water partition coefficient (Wildman–Crippen LogP) is 4.20. The summed E-state index contributed by atoms with van der Waals surface area (Å²) in [5, 5.41) is 3.29. The molecule has 1 nitrogen and oxygen atoms in total. The van der Waals surface area contributed by atoms with Gasteiger partial charge in [0.2, 0.25) is 0 Å². The van der Waals surface area contributed by atoms with Crippen LogP contribution in [-0.2, 0) is 6.42 Å². The Labute approximate surface area is 116 Å². The molecule has 1 unspecified atom stereocenters. The molecule has 0 saturated heterocycles. The van der Waals surface area contributed by atoms with E-state index in [4.69, 9.17) is 0 Å². The van der Waals surface area contributed by atoms with Crippen LogP contribution in [0.4, 0.5) is 0 Å². The lowest BCUT2D eigenvalue weighted by Crippen LogP contribution is -2.21. The summed E-state index contributed by atoms with van der Waals surface area (Å²) in [6, 6.07) is 18.1. The van der Waals surface area contributed by atoms with Gasteiger partial charge in [-0.3, -0.25) is 0 Å². The Morgan fingerprint density at radius 3 is 2.58 bits per heavy atom. The summed E-state index contributed by atoms with van der Waals surface area (Å²) < 4.78 is 0. The van der Waals surface area contributed by atoms with Crippen LogP contribution < -0.4 is 5.32 Å². The van der Waals surface area contributed by atoms with Crippen LogP contribution in [0.2, 0.25) is 0 Å². The van der Waals surface area contributed by atoms with E-state index >= 15 is 0 Å². The minimum atomic E-state index is 0.571. The standard InChI is InChI=1S/C18H23N/c1-14-7-4-5-10-18(14)17-9-6-8-16(13-17)12-11-15(2)19-3/h4-10,13,15,19H,11-12H2,1-3H3. The second-order valence-corrected chi connectivity index (χ2v) is 5.24. The zero-order valence-corrected chi connectivity index (χ0v) is 12.1. The largest absolute Gasteiger partial charge is 0.317 e. The summed E-state index contributed by atoms with van der Waals surface area (Å²) in [6.07, 6.45) is 2.30. The lowest BCUT2D eigenvalue weighted by atomic mass is 9.97. The number of hydrogen-bond acceptors (Lipinski definition) is 1. The van der Waals surface area contributed by atoms with Crippen LogP contribution in [0.3, 0.4) is 0 Å². The highest BCUT2D eigenvalue weighted by molar-refractivity contribution is 5.67. The fourth-order valence-corrected chi connectivity index (χ4v) is 2.32. The Bertz CT molecular complexity index is 531. The maximum Gasteiger partial charge on any atom is 0.00388 e. The van der Waals surface area contributed by atoms with Crippen LogP contribution >= 0.6 is 0 Å². The molecule has 0 heterocycles. The summed E-state index contributed by atoms with van der Waals surface area (Å²) in [5.74, 6) is 0. The van der Waals surface area contributed by atoms with Crippen molar-refractivity contribution in [3.63, 3.8) is 0 Å². The third kappa shape index (κ3) is 3.68. The van der Waals surface area contributed by atoms with Gasteiger partial charge in [0.15, 0.2) is 0 Å². The molecule has 1 heteroatoms. The number of benzene rings is 2. The average Bonchev–Trinajstić information content (AvgIpc) is 2.45. The Balaban J connectivity index is 2.18. The van der Waals surface area contributed by atoms with Crippen molar-refractivity contribution in [2.75, 3.05) is 7.05 Å². The molecule has 0 aromatic heterocycles.